The molecule has 0 heterocycles. The Kier molecular flexibility index (Phi) is 4.15. The van der Waals surface area contributed by atoms with Crippen molar-refractivity contribution in [3.63, 3.8) is 0 Å². The maximum absolute atomic E-state index is 11.6. The molecule has 0 spiro atoms. The number of aliphatic hydroxyl groups excluding tert-OH is 2. The molecule has 4 saturated carbocycles. The van der Waals surface area contributed by atoms with E-state index in [1.54, 1.807) is 6.92 Å². The van der Waals surface area contributed by atoms with E-state index in [1.807, 2.05) is 0 Å². The molecule has 0 bridgehead atoms. The standard InChI is InChI=1S/C24H40O5/c1-13(4-9-22(28)29)17-7-8-18-16-6-5-14-10-15(25)11-20(26)23(14,2)19(16)12-21(27)24(17,18)3/h13-21,25-27H,4-12H2,1-3H3,(H,28,29)/t13-,14-,15+,16?,17-,18+,19?,20-,21+,23+,24-/m1/s1/i10D2,11D2,15D. The minimum Gasteiger partial charge on any atom is -0.481 e. The van der Waals surface area contributed by atoms with Crippen molar-refractivity contribution in [2.24, 2.45) is 46.3 Å². The largest absolute Gasteiger partial charge is 0.481 e. The molecule has 4 N–H and O–H groups in total. The van der Waals surface area contributed by atoms with Crippen LogP contribution in [0.1, 0.15) is 85.3 Å². The van der Waals surface area contributed by atoms with Crippen LogP contribution in [-0.2, 0) is 4.79 Å². The van der Waals surface area contributed by atoms with Crippen LogP contribution >= 0.6 is 0 Å². The van der Waals surface area contributed by atoms with Gasteiger partial charge in [-0.1, -0.05) is 20.8 Å². The Balaban J connectivity index is 1.70. The third-order valence-corrected chi connectivity index (χ3v) is 9.63. The van der Waals surface area contributed by atoms with Crippen molar-refractivity contribution in [1.82, 2.24) is 0 Å². The minimum atomic E-state index is -3.09. The van der Waals surface area contributed by atoms with Gasteiger partial charge < -0.3 is 20.4 Å². The average Bonchev–Trinajstić information content (AvgIpc) is 3.10. The van der Waals surface area contributed by atoms with Crippen molar-refractivity contribution >= 4 is 5.97 Å². The van der Waals surface area contributed by atoms with Crippen LogP contribution in [0.4, 0.5) is 0 Å². The molecule has 0 aromatic heterocycles. The topological polar surface area (TPSA) is 98.0 Å². The molecule has 0 aliphatic heterocycles. The highest BCUT2D eigenvalue weighted by molar-refractivity contribution is 5.66. The van der Waals surface area contributed by atoms with Crippen molar-refractivity contribution < 1.29 is 32.1 Å². The van der Waals surface area contributed by atoms with E-state index >= 15 is 0 Å². The maximum Gasteiger partial charge on any atom is 0.303 e. The summed E-state index contributed by atoms with van der Waals surface area (Å²) in [5, 5.41) is 42.6. The van der Waals surface area contributed by atoms with Crippen LogP contribution in [0.2, 0.25) is 0 Å². The zero-order chi connectivity index (χ0) is 25.6. The zero-order valence-electron chi connectivity index (χ0n) is 22.8. The second-order valence-corrected chi connectivity index (χ2v) is 10.6. The van der Waals surface area contributed by atoms with Crippen molar-refractivity contribution in [3.8, 4) is 0 Å². The highest BCUT2D eigenvalue weighted by Crippen LogP contribution is 2.68. The number of carboxylic acid groups (broad SMARTS) is 1. The van der Waals surface area contributed by atoms with Crippen LogP contribution in [0.25, 0.3) is 0 Å². The van der Waals surface area contributed by atoms with Crippen LogP contribution in [0.5, 0.6) is 0 Å². The summed E-state index contributed by atoms with van der Waals surface area (Å²) < 4.78 is 42.2. The van der Waals surface area contributed by atoms with Gasteiger partial charge in [-0.3, -0.25) is 4.79 Å². The van der Waals surface area contributed by atoms with Gasteiger partial charge in [0.1, 0.15) is 0 Å². The first-order chi connectivity index (χ1) is 15.5. The molecule has 4 aliphatic carbocycles. The molecule has 11 atom stereocenters. The molecule has 0 aromatic rings. The fourth-order valence-electron chi connectivity index (χ4n) is 7.98. The average molecular weight is 414 g/mol. The van der Waals surface area contributed by atoms with Gasteiger partial charge in [-0.15, -0.1) is 0 Å². The van der Waals surface area contributed by atoms with Gasteiger partial charge in [0.05, 0.1) is 19.7 Å². The number of aliphatic hydroxyl groups is 3. The van der Waals surface area contributed by atoms with Gasteiger partial charge >= 0.3 is 5.97 Å². The Morgan fingerprint density at radius 2 is 1.79 bits per heavy atom. The molecule has 0 amide bonds. The van der Waals surface area contributed by atoms with E-state index in [4.69, 9.17) is 12.0 Å². The number of carbonyl (C=O) groups is 1. The first-order valence-electron chi connectivity index (χ1n) is 13.8. The maximum atomic E-state index is 11.6. The Hall–Kier alpha value is -0.650. The second-order valence-electron chi connectivity index (χ2n) is 10.6. The molecule has 166 valence electrons. The molecule has 4 fully saturated rings. The molecule has 0 radical (unpaired) electrons. The monoisotopic (exact) mass is 413 g/mol. The first-order valence-corrected chi connectivity index (χ1v) is 11.3. The summed E-state index contributed by atoms with van der Waals surface area (Å²) in [6.07, 6.45) is -7.37. The van der Waals surface area contributed by atoms with E-state index in [1.165, 1.54) is 0 Å². The highest BCUT2D eigenvalue weighted by Gasteiger charge is 2.65. The third kappa shape index (κ3) is 3.18. The van der Waals surface area contributed by atoms with E-state index < -0.39 is 53.8 Å². The molecular formula is C24H40O5. The second kappa shape index (κ2) is 7.49. The first kappa shape index (κ1) is 16.0. The van der Waals surface area contributed by atoms with Gasteiger partial charge in [0.25, 0.3) is 0 Å². The summed E-state index contributed by atoms with van der Waals surface area (Å²) in [6.45, 7) is 5.85. The Morgan fingerprint density at radius 3 is 2.48 bits per heavy atom. The van der Waals surface area contributed by atoms with E-state index in [0.717, 1.165) is 12.8 Å². The van der Waals surface area contributed by atoms with Gasteiger partial charge in [-0.25, -0.2) is 0 Å². The fraction of sp³-hybridized carbons (Fsp3) is 0.958. The summed E-state index contributed by atoms with van der Waals surface area (Å²) in [5.74, 6) is -1.63. The molecule has 2 unspecified atom stereocenters. The van der Waals surface area contributed by atoms with Gasteiger partial charge in [0.15, 0.2) is 0 Å². The lowest BCUT2D eigenvalue weighted by Gasteiger charge is -2.63. The zero-order valence-corrected chi connectivity index (χ0v) is 17.8. The van der Waals surface area contributed by atoms with Crippen LogP contribution < -0.4 is 0 Å². The predicted octanol–water partition coefficient (Wildman–Crippen LogP) is 3.45. The molecule has 4 aliphatic rings. The summed E-state index contributed by atoms with van der Waals surface area (Å²) in [4.78, 5) is 11.1. The summed E-state index contributed by atoms with van der Waals surface area (Å²) in [6, 6.07) is 0. The number of hydrogen-bond acceptors (Lipinski definition) is 4. The van der Waals surface area contributed by atoms with Crippen molar-refractivity contribution in [3.05, 3.63) is 0 Å². The normalized spacial score (nSPS) is 61.4. The highest BCUT2D eigenvalue weighted by atomic mass is 16.4. The minimum absolute atomic E-state index is 0.0597. The van der Waals surface area contributed by atoms with Crippen LogP contribution in [0.15, 0.2) is 0 Å². The molecule has 5 heteroatoms. The van der Waals surface area contributed by atoms with Gasteiger partial charge in [-0.05, 0) is 97.6 Å². The van der Waals surface area contributed by atoms with Crippen LogP contribution in [0.3, 0.4) is 0 Å². The fourth-order valence-corrected chi connectivity index (χ4v) is 7.98. The Labute approximate surface area is 181 Å². The van der Waals surface area contributed by atoms with Gasteiger partial charge in [-0.2, -0.15) is 0 Å². The van der Waals surface area contributed by atoms with Crippen molar-refractivity contribution in [2.75, 3.05) is 0 Å². The summed E-state index contributed by atoms with van der Waals surface area (Å²) >= 11 is 0. The quantitative estimate of drug-likeness (QED) is 0.566. The third-order valence-electron chi connectivity index (χ3n) is 9.63. The summed E-state index contributed by atoms with van der Waals surface area (Å²) in [5.41, 5.74) is -1.66. The molecule has 29 heavy (non-hydrogen) atoms. The lowest BCUT2D eigenvalue weighted by molar-refractivity contribution is -0.207. The smallest absolute Gasteiger partial charge is 0.303 e. The number of carboxylic acids is 1. The number of rotatable bonds is 4. The lowest BCUT2D eigenvalue weighted by Crippen LogP contribution is -2.62. The Bertz CT molecular complexity index is 837. The number of aliphatic carboxylic acids is 1. The molecule has 0 aromatic carbocycles. The SMILES string of the molecule is [2H]C1([2H])[C@@H](O)[C@]2(C)C3C[C@H](O)[C@]4(C)[C@@H]([C@H](C)CCC(=O)O)CC[C@H]4C3CC[C@@H]2C([2H])([2H])[C@]1([2H])O. The Morgan fingerprint density at radius 1 is 1.07 bits per heavy atom. The van der Waals surface area contributed by atoms with Crippen LogP contribution in [-0.4, -0.2) is 44.7 Å². The van der Waals surface area contributed by atoms with Crippen molar-refractivity contribution in [1.29, 1.82) is 0 Å². The number of fused-ring (bicyclic) bond motifs is 5. The lowest BCUT2D eigenvalue weighted by atomic mass is 9.43. The van der Waals surface area contributed by atoms with E-state index in [-0.39, 0.29) is 36.0 Å². The molecule has 4 rings (SSSR count). The molecule has 0 saturated heterocycles. The molecular weight excluding hydrogens is 368 g/mol. The van der Waals surface area contributed by atoms with Crippen molar-refractivity contribution in [2.45, 2.75) is 96.8 Å². The van der Waals surface area contributed by atoms with Gasteiger partial charge in [0.2, 0.25) is 0 Å². The van der Waals surface area contributed by atoms with Gasteiger partial charge in [0, 0.05) is 11.9 Å². The van der Waals surface area contributed by atoms with E-state index in [0.29, 0.717) is 25.7 Å². The van der Waals surface area contributed by atoms with E-state index in [2.05, 4.69) is 13.8 Å². The predicted molar refractivity (Wildman–Crippen MR) is 110 cm³/mol. The molecule has 5 nitrogen and oxygen atoms in total. The van der Waals surface area contributed by atoms with Crippen LogP contribution in [0, 0.1) is 46.3 Å². The number of hydrogen-bond donors (Lipinski definition) is 4. The summed E-state index contributed by atoms with van der Waals surface area (Å²) in [7, 11) is 0. The van der Waals surface area contributed by atoms with E-state index in [9.17, 15) is 20.1 Å².